The first-order valence-corrected chi connectivity index (χ1v) is 19.1. The zero-order valence-electron chi connectivity index (χ0n) is 33.3. The van der Waals surface area contributed by atoms with E-state index in [0.29, 0.717) is 0 Å². The normalized spacial score (nSPS) is 20.8. The number of fused-ring (bicyclic) bond motifs is 2. The van der Waals surface area contributed by atoms with Gasteiger partial charge in [0, 0.05) is 22.7 Å². The highest BCUT2D eigenvalue weighted by Crippen LogP contribution is 2.55. The first kappa shape index (κ1) is 35.8. The van der Waals surface area contributed by atoms with Crippen LogP contribution >= 0.6 is 0 Å². The van der Waals surface area contributed by atoms with Gasteiger partial charge < -0.3 is 5.32 Å². The van der Waals surface area contributed by atoms with Crippen molar-refractivity contribution in [3.63, 3.8) is 0 Å². The number of allylic oxidation sites excluding steroid dienone is 9. The van der Waals surface area contributed by atoms with E-state index in [0.717, 1.165) is 12.1 Å². The molecular formula is C51H57N. The fraction of sp³-hybridized carbons (Fsp3) is 0.333. The number of hydrogen-bond acceptors (Lipinski definition) is 1. The van der Waals surface area contributed by atoms with Crippen LogP contribution in [0.2, 0.25) is 0 Å². The van der Waals surface area contributed by atoms with Crippen molar-refractivity contribution in [3.8, 4) is 11.1 Å². The molecule has 1 heteroatoms. The van der Waals surface area contributed by atoms with Gasteiger partial charge >= 0.3 is 0 Å². The van der Waals surface area contributed by atoms with Crippen molar-refractivity contribution in [1.82, 2.24) is 0 Å². The number of rotatable bonds is 3. The molecule has 4 aromatic carbocycles. The number of benzene rings is 4. The Hall–Kier alpha value is -4.62. The summed E-state index contributed by atoms with van der Waals surface area (Å²) in [5, 5.41) is 3.86. The van der Waals surface area contributed by atoms with E-state index in [-0.39, 0.29) is 27.1 Å². The Bertz CT molecular complexity index is 2150. The van der Waals surface area contributed by atoms with Crippen molar-refractivity contribution < 1.29 is 0 Å². The largest absolute Gasteiger partial charge is 0.361 e. The molecule has 7 rings (SSSR count). The van der Waals surface area contributed by atoms with E-state index in [1.54, 1.807) is 0 Å². The molecule has 1 aliphatic heterocycles. The summed E-state index contributed by atoms with van der Waals surface area (Å²) < 4.78 is 0. The summed E-state index contributed by atoms with van der Waals surface area (Å²) in [7, 11) is 0. The summed E-state index contributed by atoms with van der Waals surface area (Å²) in [5.74, 6) is 0. The Morgan fingerprint density at radius 3 is 1.60 bits per heavy atom. The molecule has 2 bridgehead atoms. The predicted molar refractivity (Wildman–Crippen MR) is 225 cm³/mol. The monoisotopic (exact) mass is 683 g/mol. The van der Waals surface area contributed by atoms with Gasteiger partial charge in [0.15, 0.2) is 0 Å². The van der Waals surface area contributed by atoms with Crippen LogP contribution in [0.15, 0.2) is 144 Å². The van der Waals surface area contributed by atoms with Gasteiger partial charge in [-0.05, 0) is 108 Å². The van der Waals surface area contributed by atoms with Crippen LogP contribution in [-0.2, 0) is 27.1 Å². The standard InChI is InChI=1S/C51H57N/c1-47(2,3)40-19-14-34(15-20-40)37-13-12-36-28-29-51(43-25-23-42(24-26-43)49(7,8)9)32-44(36)39(30-37)33-52-46-27-18-38(31-45(46)50(51,10)11)35-16-21-41(22-17-35)48(4,5)6/h12-28,30-33,52H,29H2,1-11H3/b39-33-. The highest BCUT2D eigenvalue weighted by molar-refractivity contribution is 5.83. The molecule has 4 aromatic rings. The van der Waals surface area contributed by atoms with Crippen molar-refractivity contribution in [1.29, 1.82) is 0 Å². The zero-order chi connectivity index (χ0) is 37.3. The Labute approximate surface area is 314 Å². The second-order valence-electron chi connectivity index (χ2n) is 18.9. The molecule has 0 saturated carbocycles. The molecule has 1 unspecified atom stereocenters. The number of nitrogens with one attached hydrogen (secondary N) is 1. The highest BCUT2D eigenvalue weighted by atomic mass is 14.9. The van der Waals surface area contributed by atoms with Crippen molar-refractivity contribution in [2.45, 2.75) is 110 Å². The molecule has 0 saturated heterocycles. The van der Waals surface area contributed by atoms with Crippen molar-refractivity contribution >= 4 is 11.3 Å². The summed E-state index contributed by atoms with van der Waals surface area (Å²) in [5.41, 5.74) is 16.4. The van der Waals surface area contributed by atoms with Crippen molar-refractivity contribution in [2.24, 2.45) is 0 Å². The molecule has 0 radical (unpaired) electrons. The molecular weight excluding hydrogens is 627 g/mol. The van der Waals surface area contributed by atoms with Crippen molar-refractivity contribution in [3.05, 3.63) is 178 Å². The minimum atomic E-state index is -0.294. The molecule has 0 amide bonds. The van der Waals surface area contributed by atoms with Crippen LogP contribution < -0.4 is 5.32 Å². The van der Waals surface area contributed by atoms with Crippen molar-refractivity contribution in [2.75, 3.05) is 5.32 Å². The van der Waals surface area contributed by atoms with Gasteiger partial charge in [0.05, 0.1) is 0 Å². The van der Waals surface area contributed by atoms with E-state index in [9.17, 15) is 0 Å². The van der Waals surface area contributed by atoms with Crippen LogP contribution in [0.1, 0.15) is 116 Å². The molecule has 1 N–H and O–H groups in total. The third-order valence-electron chi connectivity index (χ3n) is 12.0. The lowest BCUT2D eigenvalue weighted by Crippen LogP contribution is -2.45. The van der Waals surface area contributed by atoms with Gasteiger partial charge in [-0.15, -0.1) is 0 Å². The van der Waals surface area contributed by atoms with E-state index in [4.69, 9.17) is 0 Å². The predicted octanol–water partition coefficient (Wildman–Crippen LogP) is 13.7. The average Bonchev–Trinajstić information content (AvgIpc) is 3.27. The minimum Gasteiger partial charge on any atom is -0.361 e. The number of hydrogen-bond donors (Lipinski definition) is 1. The smallest absolute Gasteiger partial charge is 0.0418 e. The van der Waals surface area contributed by atoms with E-state index < -0.39 is 0 Å². The lowest BCUT2D eigenvalue weighted by molar-refractivity contribution is 0.314. The summed E-state index contributed by atoms with van der Waals surface area (Å²) in [4.78, 5) is 0. The molecule has 1 nitrogen and oxygen atoms in total. The van der Waals surface area contributed by atoms with Gasteiger partial charge in [0.2, 0.25) is 0 Å². The van der Waals surface area contributed by atoms with Crippen LogP contribution in [0.3, 0.4) is 0 Å². The van der Waals surface area contributed by atoms with Gasteiger partial charge in [0.25, 0.3) is 0 Å². The topological polar surface area (TPSA) is 12.0 Å². The molecule has 0 aromatic heterocycles. The third kappa shape index (κ3) is 6.38. The van der Waals surface area contributed by atoms with Gasteiger partial charge in [-0.25, -0.2) is 0 Å². The van der Waals surface area contributed by atoms with Gasteiger partial charge in [-0.1, -0.05) is 179 Å². The highest BCUT2D eigenvalue weighted by Gasteiger charge is 2.48. The Morgan fingerprint density at radius 2 is 1.04 bits per heavy atom. The van der Waals surface area contributed by atoms with E-state index in [1.165, 1.54) is 66.8 Å². The van der Waals surface area contributed by atoms with Crippen LogP contribution in [-0.4, -0.2) is 0 Å². The van der Waals surface area contributed by atoms with Gasteiger partial charge in [-0.3, -0.25) is 0 Å². The van der Waals surface area contributed by atoms with Gasteiger partial charge in [-0.2, -0.15) is 0 Å². The molecule has 0 fully saturated rings. The van der Waals surface area contributed by atoms with Crippen LogP contribution in [0.4, 0.5) is 5.69 Å². The first-order chi connectivity index (χ1) is 24.4. The average molecular weight is 684 g/mol. The number of anilines is 1. The fourth-order valence-electron chi connectivity index (χ4n) is 8.30. The van der Waals surface area contributed by atoms with Gasteiger partial charge in [0.1, 0.15) is 0 Å². The third-order valence-corrected chi connectivity index (χ3v) is 12.0. The van der Waals surface area contributed by atoms with Crippen LogP contribution in [0.5, 0.6) is 0 Å². The Kier molecular flexibility index (Phi) is 8.60. The van der Waals surface area contributed by atoms with E-state index in [2.05, 4.69) is 209 Å². The SMILES string of the molecule is CC(C)(C)c1ccc(C2=C/C3=C/Nc4ccc(-c5ccc(C(C)(C)C)cc5)cc4C(C)(C)C4(c5ccc(C(C)(C)C)cc5)C=C3C(=CC4)C=C2)cc1. The minimum absolute atomic E-state index is 0.0878. The molecule has 52 heavy (non-hydrogen) atoms. The summed E-state index contributed by atoms with van der Waals surface area (Å²) in [6.45, 7) is 25.5. The molecule has 0 spiro atoms. The molecule has 1 atom stereocenters. The van der Waals surface area contributed by atoms with E-state index >= 15 is 0 Å². The molecule has 266 valence electrons. The molecule has 1 heterocycles. The van der Waals surface area contributed by atoms with E-state index in [1.807, 2.05) is 0 Å². The zero-order valence-corrected chi connectivity index (χ0v) is 33.3. The molecule has 2 aliphatic carbocycles. The second-order valence-corrected chi connectivity index (χ2v) is 18.9. The lowest BCUT2D eigenvalue weighted by atomic mass is 9.54. The second kappa shape index (κ2) is 12.5. The lowest BCUT2D eigenvalue weighted by Gasteiger charge is -2.48. The Balaban J connectivity index is 1.42. The maximum Gasteiger partial charge on any atom is 0.0418 e. The summed E-state index contributed by atoms with van der Waals surface area (Å²) >= 11 is 0. The maximum absolute atomic E-state index is 3.86. The summed E-state index contributed by atoms with van der Waals surface area (Å²) in [6.07, 6.45) is 15.3. The van der Waals surface area contributed by atoms with Crippen LogP contribution in [0.25, 0.3) is 16.7 Å². The summed E-state index contributed by atoms with van der Waals surface area (Å²) in [6, 6.07) is 34.9. The maximum atomic E-state index is 3.86. The van der Waals surface area contributed by atoms with Crippen LogP contribution in [0, 0.1) is 0 Å². The Morgan fingerprint density at radius 1 is 0.538 bits per heavy atom. The molecule has 3 aliphatic rings. The quantitative estimate of drug-likeness (QED) is 0.227. The first-order valence-electron chi connectivity index (χ1n) is 19.1. The fourth-order valence-corrected chi connectivity index (χ4v) is 8.30.